The van der Waals surface area contributed by atoms with Crippen LogP contribution in [0.2, 0.25) is 0 Å². The molecule has 0 fully saturated rings. The molecule has 0 aliphatic rings. The van der Waals surface area contributed by atoms with Crippen molar-refractivity contribution >= 4 is 29.2 Å². The number of rotatable bonds is 8. The van der Waals surface area contributed by atoms with E-state index in [-0.39, 0.29) is 17.7 Å². The van der Waals surface area contributed by atoms with Gasteiger partial charge in [-0.05, 0) is 30.7 Å². The first kappa shape index (κ1) is 19.8. The minimum atomic E-state index is -1.32. The van der Waals surface area contributed by atoms with Crippen LogP contribution in [0.3, 0.4) is 0 Å². The van der Waals surface area contributed by atoms with Crippen LogP contribution in [-0.2, 0) is 9.59 Å². The summed E-state index contributed by atoms with van der Waals surface area (Å²) in [5.41, 5.74) is 0.879. The van der Waals surface area contributed by atoms with E-state index >= 15 is 0 Å². The standard InChI is InChI=1S/C19H20N2O6/c1-26-12-7-8-16(27-2)15(11-12)21-19(25)13-5-3-4-6-14(13)20-17(22)9-10-18(23)24/h3-8,11H,9-10H2,1-2H3,(H,20,22)(H,21,25)(H,23,24)/p-1. The van der Waals surface area contributed by atoms with Gasteiger partial charge in [-0.25, -0.2) is 0 Å². The predicted octanol–water partition coefficient (Wildman–Crippen LogP) is 1.42. The third-order valence-corrected chi connectivity index (χ3v) is 3.66. The first-order chi connectivity index (χ1) is 12.9. The van der Waals surface area contributed by atoms with Crippen molar-refractivity contribution in [2.45, 2.75) is 12.8 Å². The normalized spacial score (nSPS) is 10.0. The molecule has 0 saturated carbocycles. The van der Waals surface area contributed by atoms with Crippen molar-refractivity contribution in [1.82, 2.24) is 0 Å². The summed E-state index contributed by atoms with van der Waals surface area (Å²) < 4.78 is 10.4. The van der Waals surface area contributed by atoms with Crippen molar-refractivity contribution in [1.29, 1.82) is 0 Å². The van der Waals surface area contributed by atoms with Crippen LogP contribution in [0, 0.1) is 0 Å². The fraction of sp³-hybridized carbons (Fsp3) is 0.211. The number of ether oxygens (including phenoxy) is 2. The van der Waals surface area contributed by atoms with Gasteiger partial charge in [-0.15, -0.1) is 0 Å². The molecule has 27 heavy (non-hydrogen) atoms. The van der Waals surface area contributed by atoms with E-state index in [1.165, 1.54) is 20.3 Å². The Labute approximate surface area is 156 Å². The zero-order valence-corrected chi connectivity index (χ0v) is 14.9. The van der Waals surface area contributed by atoms with Gasteiger partial charge in [0, 0.05) is 18.5 Å². The van der Waals surface area contributed by atoms with Crippen LogP contribution in [0.1, 0.15) is 23.2 Å². The number of methoxy groups -OCH3 is 2. The average Bonchev–Trinajstić information content (AvgIpc) is 2.66. The third kappa shape index (κ3) is 5.46. The molecule has 2 rings (SSSR count). The molecule has 142 valence electrons. The molecule has 2 aromatic rings. The van der Waals surface area contributed by atoms with Crippen LogP contribution in [0.4, 0.5) is 11.4 Å². The number of para-hydroxylation sites is 1. The number of carbonyl (C=O) groups excluding carboxylic acids is 3. The van der Waals surface area contributed by atoms with Crippen molar-refractivity contribution in [3.63, 3.8) is 0 Å². The van der Waals surface area contributed by atoms with E-state index in [9.17, 15) is 19.5 Å². The molecule has 0 unspecified atom stereocenters. The second-order valence-corrected chi connectivity index (χ2v) is 5.49. The Morgan fingerprint density at radius 2 is 1.67 bits per heavy atom. The van der Waals surface area contributed by atoms with E-state index in [0.29, 0.717) is 17.2 Å². The second kappa shape index (κ2) is 9.23. The topological polar surface area (TPSA) is 117 Å². The molecule has 8 heteroatoms. The van der Waals surface area contributed by atoms with Gasteiger partial charge in [0.15, 0.2) is 0 Å². The predicted molar refractivity (Wildman–Crippen MR) is 96.8 cm³/mol. The van der Waals surface area contributed by atoms with Gasteiger partial charge >= 0.3 is 0 Å². The van der Waals surface area contributed by atoms with E-state index < -0.39 is 24.2 Å². The molecule has 0 aromatic heterocycles. The minimum absolute atomic E-state index is 0.212. The molecule has 0 spiro atoms. The lowest BCUT2D eigenvalue weighted by Gasteiger charge is -2.14. The molecule has 0 heterocycles. The first-order valence-electron chi connectivity index (χ1n) is 8.06. The maximum atomic E-state index is 12.7. The molecule has 0 bridgehead atoms. The molecule has 0 aliphatic carbocycles. The number of benzene rings is 2. The molecular formula is C19H19N2O6-. The highest BCUT2D eigenvalue weighted by Crippen LogP contribution is 2.30. The molecule has 0 saturated heterocycles. The van der Waals surface area contributed by atoms with E-state index in [4.69, 9.17) is 9.47 Å². The summed E-state index contributed by atoms with van der Waals surface area (Å²) in [6, 6.07) is 11.3. The summed E-state index contributed by atoms with van der Waals surface area (Å²) in [5.74, 6) is -1.34. The van der Waals surface area contributed by atoms with Crippen molar-refractivity contribution < 1.29 is 29.0 Å². The fourth-order valence-corrected chi connectivity index (χ4v) is 2.32. The molecule has 2 amide bonds. The molecule has 0 atom stereocenters. The number of anilines is 2. The van der Waals surface area contributed by atoms with Crippen LogP contribution in [0.25, 0.3) is 0 Å². The number of hydrogen-bond acceptors (Lipinski definition) is 6. The lowest BCUT2D eigenvalue weighted by Crippen LogP contribution is -2.24. The number of amides is 2. The summed E-state index contributed by atoms with van der Waals surface area (Å²) >= 11 is 0. The number of nitrogens with one attached hydrogen (secondary N) is 2. The number of aliphatic carboxylic acids is 1. The van der Waals surface area contributed by atoms with Gasteiger partial charge in [-0.2, -0.15) is 0 Å². The number of carbonyl (C=O) groups is 3. The van der Waals surface area contributed by atoms with E-state index in [0.717, 1.165) is 0 Å². The van der Waals surface area contributed by atoms with Gasteiger partial charge in [0.1, 0.15) is 11.5 Å². The highest BCUT2D eigenvalue weighted by Gasteiger charge is 2.15. The van der Waals surface area contributed by atoms with E-state index in [1.807, 2.05) is 0 Å². The smallest absolute Gasteiger partial charge is 0.257 e. The second-order valence-electron chi connectivity index (χ2n) is 5.49. The number of carboxylic acids is 1. The van der Waals surface area contributed by atoms with Gasteiger partial charge in [0.25, 0.3) is 5.91 Å². The summed E-state index contributed by atoms with van der Waals surface area (Å²) in [6.45, 7) is 0. The van der Waals surface area contributed by atoms with Gasteiger partial charge in [0.2, 0.25) is 5.91 Å². The molecular weight excluding hydrogens is 352 g/mol. The Bertz CT molecular complexity index is 850. The maximum absolute atomic E-state index is 12.7. The fourth-order valence-electron chi connectivity index (χ4n) is 2.32. The molecule has 0 aliphatic heterocycles. The highest BCUT2D eigenvalue weighted by molar-refractivity contribution is 6.10. The van der Waals surface area contributed by atoms with Crippen molar-refractivity contribution in [2.24, 2.45) is 0 Å². The summed E-state index contributed by atoms with van der Waals surface area (Å²) in [5, 5.41) is 15.7. The van der Waals surface area contributed by atoms with Gasteiger partial charge < -0.3 is 30.0 Å². The first-order valence-corrected chi connectivity index (χ1v) is 8.06. The third-order valence-electron chi connectivity index (χ3n) is 3.66. The Kier molecular flexibility index (Phi) is 6.76. The van der Waals surface area contributed by atoms with Crippen LogP contribution in [0.15, 0.2) is 42.5 Å². The average molecular weight is 371 g/mol. The van der Waals surface area contributed by atoms with Gasteiger partial charge in [0.05, 0.1) is 31.2 Å². The Hall–Kier alpha value is -3.55. The zero-order chi connectivity index (χ0) is 19.8. The minimum Gasteiger partial charge on any atom is -0.550 e. The quantitative estimate of drug-likeness (QED) is 0.725. The summed E-state index contributed by atoms with van der Waals surface area (Å²) in [6.07, 6.45) is -0.650. The van der Waals surface area contributed by atoms with Crippen molar-refractivity contribution in [2.75, 3.05) is 24.9 Å². The molecule has 2 N–H and O–H groups in total. The maximum Gasteiger partial charge on any atom is 0.257 e. The van der Waals surface area contributed by atoms with Gasteiger partial charge in [-0.3, -0.25) is 9.59 Å². The molecule has 8 nitrogen and oxygen atoms in total. The summed E-state index contributed by atoms with van der Waals surface area (Å²) in [7, 11) is 2.98. The van der Waals surface area contributed by atoms with Crippen molar-refractivity contribution in [3.05, 3.63) is 48.0 Å². The lowest BCUT2D eigenvalue weighted by molar-refractivity contribution is -0.305. The number of hydrogen-bond donors (Lipinski definition) is 2. The zero-order valence-electron chi connectivity index (χ0n) is 14.9. The van der Waals surface area contributed by atoms with Crippen molar-refractivity contribution in [3.8, 4) is 11.5 Å². The molecule has 0 radical (unpaired) electrons. The van der Waals surface area contributed by atoms with Crippen LogP contribution < -0.4 is 25.2 Å². The number of carboxylic acid groups (broad SMARTS) is 1. The monoisotopic (exact) mass is 371 g/mol. The molecule has 2 aromatic carbocycles. The van der Waals surface area contributed by atoms with E-state index in [2.05, 4.69) is 10.6 Å². The largest absolute Gasteiger partial charge is 0.550 e. The van der Waals surface area contributed by atoms with Crippen LogP contribution >= 0.6 is 0 Å². The van der Waals surface area contributed by atoms with Crippen LogP contribution in [-0.4, -0.2) is 32.0 Å². The Morgan fingerprint density at radius 1 is 0.926 bits per heavy atom. The van der Waals surface area contributed by atoms with Gasteiger partial charge in [-0.1, -0.05) is 12.1 Å². The summed E-state index contributed by atoms with van der Waals surface area (Å²) in [4.78, 5) is 35.0. The van der Waals surface area contributed by atoms with Crippen LogP contribution in [0.5, 0.6) is 11.5 Å². The SMILES string of the molecule is COc1ccc(OC)c(NC(=O)c2ccccc2NC(=O)CCC(=O)[O-])c1. The Morgan fingerprint density at radius 3 is 2.33 bits per heavy atom. The highest BCUT2D eigenvalue weighted by atomic mass is 16.5. The van der Waals surface area contributed by atoms with E-state index in [1.54, 1.807) is 36.4 Å². The Balaban J connectivity index is 2.20. The lowest BCUT2D eigenvalue weighted by atomic mass is 10.1.